The summed E-state index contributed by atoms with van der Waals surface area (Å²) in [4.78, 5) is 14.8. The number of halogens is 1. The topological polar surface area (TPSA) is 52.6 Å². The number of benzene rings is 2. The van der Waals surface area contributed by atoms with Gasteiger partial charge in [-0.15, -0.1) is 0 Å². The molecule has 2 aromatic carbocycles. The van der Waals surface area contributed by atoms with E-state index >= 15 is 0 Å². The zero-order valence-electron chi connectivity index (χ0n) is 16.1. The summed E-state index contributed by atoms with van der Waals surface area (Å²) in [6.07, 6.45) is 1.59. The Kier molecular flexibility index (Phi) is 5.78. The molecule has 0 heterocycles. The third-order valence-electron chi connectivity index (χ3n) is 5.72. The van der Waals surface area contributed by atoms with Crippen molar-refractivity contribution in [1.29, 1.82) is 0 Å². The molecule has 0 aliphatic heterocycles. The Hall–Kier alpha value is -2.04. The van der Waals surface area contributed by atoms with Crippen molar-refractivity contribution in [2.24, 2.45) is 5.92 Å². The van der Waals surface area contributed by atoms with Crippen LogP contribution in [0.2, 0.25) is 5.02 Å². The zero-order valence-corrected chi connectivity index (χ0v) is 16.8. The number of carbonyl (C=O) groups is 1. The van der Waals surface area contributed by atoms with Gasteiger partial charge in [-0.05, 0) is 50.2 Å². The normalized spacial score (nSPS) is 22.5. The minimum Gasteiger partial charge on any atom is -0.508 e. The van der Waals surface area contributed by atoms with Gasteiger partial charge >= 0.3 is 0 Å². The SMILES string of the molecule is CN(C)C(CNC(=O)[C@@H]1C[C@]1(C)c1ccccc1)Cc1ccc(O)cc1Cl. The van der Waals surface area contributed by atoms with Crippen LogP contribution in [0.5, 0.6) is 5.75 Å². The number of nitrogens with one attached hydrogen (secondary N) is 1. The number of hydrogen-bond acceptors (Lipinski definition) is 3. The predicted molar refractivity (Wildman–Crippen MR) is 109 cm³/mol. The molecule has 1 saturated carbocycles. The number of phenols is 1. The van der Waals surface area contributed by atoms with Crippen LogP contribution in [-0.2, 0) is 16.6 Å². The fourth-order valence-corrected chi connectivity index (χ4v) is 3.87. The third kappa shape index (κ3) is 4.45. The first kappa shape index (κ1) is 19.7. The lowest BCUT2D eigenvalue weighted by Gasteiger charge is -2.25. The maximum absolute atomic E-state index is 12.7. The number of aromatic hydroxyl groups is 1. The van der Waals surface area contributed by atoms with Crippen molar-refractivity contribution in [3.8, 4) is 5.75 Å². The predicted octanol–water partition coefficient (Wildman–Crippen LogP) is 3.61. The van der Waals surface area contributed by atoms with E-state index in [9.17, 15) is 9.90 Å². The summed E-state index contributed by atoms with van der Waals surface area (Å²) in [5.74, 6) is 0.303. The third-order valence-corrected chi connectivity index (χ3v) is 6.07. The molecule has 2 aromatic rings. The molecule has 1 aliphatic rings. The average Bonchev–Trinajstić information content (AvgIpc) is 3.34. The molecule has 0 spiro atoms. The van der Waals surface area contributed by atoms with E-state index in [2.05, 4.69) is 29.3 Å². The van der Waals surface area contributed by atoms with Crippen molar-refractivity contribution in [3.05, 3.63) is 64.7 Å². The molecule has 4 nitrogen and oxygen atoms in total. The van der Waals surface area contributed by atoms with E-state index in [4.69, 9.17) is 11.6 Å². The molecule has 144 valence electrons. The van der Waals surface area contributed by atoms with E-state index in [-0.39, 0.29) is 29.0 Å². The van der Waals surface area contributed by atoms with E-state index in [1.54, 1.807) is 12.1 Å². The molecule has 1 unspecified atom stereocenters. The number of likely N-dealkylation sites (N-methyl/N-ethyl adjacent to an activating group) is 1. The van der Waals surface area contributed by atoms with Gasteiger partial charge in [-0.3, -0.25) is 4.79 Å². The van der Waals surface area contributed by atoms with Gasteiger partial charge in [0.05, 0.1) is 0 Å². The maximum atomic E-state index is 12.7. The van der Waals surface area contributed by atoms with Crippen LogP contribution >= 0.6 is 11.6 Å². The van der Waals surface area contributed by atoms with Gasteiger partial charge in [-0.1, -0.05) is 54.9 Å². The van der Waals surface area contributed by atoms with Gasteiger partial charge in [-0.25, -0.2) is 0 Å². The Bertz CT molecular complexity index is 809. The Morgan fingerprint density at radius 3 is 2.63 bits per heavy atom. The molecule has 0 bridgehead atoms. The average molecular weight is 387 g/mol. The molecule has 1 amide bonds. The van der Waals surface area contributed by atoms with E-state index in [1.165, 1.54) is 5.56 Å². The van der Waals surface area contributed by atoms with Crippen molar-refractivity contribution >= 4 is 17.5 Å². The molecule has 2 N–H and O–H groups in total. The van der Waals surface area contributed by atoms with Crippen molar-refractivity contribution in [2.45, 2.75) is 31.2 Å². The summed E-state index contributed by atoms with van der Waals surface area (Å²) in [6.45, 7) is 2.72. The molecule has 3 atom stereocenters. The van der Waals surface area contributed by atoms with E-state index in [1.807, 2.05) is 38.4 Å². The molecule has 0 aromatic heterocycles. The quantitative estimate of drug-likeness (QED) is 0.764. The first-order valence-electron chi connectivity index (χ1n) is 9.28. The van der Waals surface area contributed by atoms with Crippen LogP contribution in [0.15, 0.2) is 48.5 Å². The van der Waals surface area contributed by atoms with Crippen LogP contribution in [0.25, 0.3) is 0 Å². The molecule has 0 radical (unpaired) electrons. The number of hydrogen-bond donors (Lipinski definition) is 2. The van der Waals surface area contributed by atoms with Crippen molar-refractivity contribution in [1.82, 2.24) is 10.2 Å². The van der Waals surface area contributed by atoms with Crippen molar-refractivity contribution in [3.63, 3.8) is 0 Å². The van der Waals surface area contributed by atoms with E-state index in [0.29, 0.717) is 18.0 Å². The highest BCUT2D eigenvalue weighted by molar-refractivity contribution is 6.31. The second kappa shape index (κ2) is 7.91. The summed E-state index contributed by atoms with van der Waals surface area (Å²) < 4.78 is 0. The molecule has 1 aliphatic carbocycles. The highest BCUT2D eigenvalue weighted by Gasteiger charge is 2.55. The van der Waals surface area contributed by atoms with Crippen LogP contribution in [0, 0.1) is 5.92 Å². The van der Waals surface area contributed by atoms with Gasteiger partial charge < -0.3 is 15.3 Å². The number of rotatable bonds is 7. The largest absolute Gasteiger partial charge is 0.508 e. The van der Waals surface area contributed by atoms with Gasteiger partial charge in [0, 0.05) is 28.9 Å². The van der Waals surface area contributed by atoms with Gasteiger partial charge in [0.1, 0.15) is 5.75 Å². The number of nitrogens with zero attached hydrogens (tertiary/aromatic N) is 1. The lowest BCUT2D eigenvalue weighted by atomic mass is 9.95. The Labute approximate surface area is 166 Å². The minimum atomic E-state index is -0.0563. The Balaban J connectivity index is 1.59. The van der Waals surface area contributed by atoms with Crippen LogP contribution in [0.3, 0.4) is 0 Å². The Morgan fingerprint density at radius 2 is 2.00 bits per heavy atom. The highest BCUT2D eigenvalue weighted by atomic mass is 35.5. The first-order chi connectivity index (χ1) is 12.8. The van der Waals surface area contributed by atoms with E-state index in [0.717, 1.165) is 12.0 Å². The summed E-state index contributed by atoms with van der Waals surface area (Å²) >= 11 is 6.24. The summed E-state index contributed by atoms with van der Waals surface area (Å²) in [5.41, 5.74) is 2.13. The monoisotopic (exact) mass is 386 g/mol. The molecule has 3 rings (SSSR count). The Morgan fingerprint density at radius 1 is 1.30 bits per heavy atom. The summed E-state index contributed by atoms with van der Waals surface area (Å²) in [7, 11) is 3.99. The van der Waals surface area contributed by atoms with Gasteiger partial charge in [0.2, 0.25) is 5.91 Å². The lowest BCUT2D eigenvalue weighted by molar-refractivity contribution is -0.122. The fourth-order valence-electron chi connectivity index (χ4n) is 3.62. The first-order valence-corrected chi connectivity index (χ1v) is 9.66. The summed E-state index contributed by atoms with van der Waals surface area (Å²) in [5, 5.41) is 13.2. The zero-order chi connectivity index (χ0) is 19.6. The standard InChI is InChI=1S/C22H27ClN2O2/c1-22(16-7-5-4-6-8-16)13-19(22)21(27)24-14-17(25(2)3)11-15-9-10-18(26)12-20(15)23/h4-10,12,17,19,26H,11,13-14H2,1-3H3,(H,24,27)/t17?,19-,22+/m0/s1. The molecular formula is C22H27ClN2O2. The smallest absolute Gasteiger partial charge is 0.224 e. The minimum absolute atomic E-state index is 0.0278. The van der Waals surface area contributed by atoms with Crippen molar-refractivity contribution in [2.75, 3.05) is 20.6 Å². The summed E-state index contributed by atoms with van der Waals surface area (Å²) in [6, 6.07) is 15.4. The number of amides is 1. The molecule has 0 saturated heterocycles. The van der Waals surface area contributed by atoms with Crippen LogP contribution in [0.1, 0.15) is 24.5 Å². The van der Waals surface area contributed by atoms with Gasteiger partial charge in [0.15, 0.2) is 0 Å². The number of phenolic OH excluding ortho intramolecular Hbond substituents is 1. The van der Waals surface area contributed by atoms with Crippen LogP contribution in [-0.4, -0.2) is 42.6 Å². The lowest BCUT2D eigenvalue weighted by Crippen LogP contribution is -2.42. The van der Waals surface area contributed by atoms with Gasteiger partial charge in [-0.2, -0.15) is 0 Å². The molecule has 5 heteroatoms. The highest BCUT2D eigenvalue weighted by Crippen LogP contribution is 2.53. The maximum Gasteiger partial charge on any atom is 0.224 e. The van der Waals surface area contributed by atoms with Crippen LogP contribution < -0.4 is 5.32 Å². The molecule has 1 fully saturated rings. The fraction of sp³-hybridized carbons (Fsp3) is 0.409. The second-order valence-electron chi connectivity index (χ2n) is 7.88. The van der Waals surface area contributed by atoms with E-state index < -0.39 is 0 Å². The molecular weight excluding hydrogens is 360 g/mol. The molecule has 27 heavy (non-hydrogen) atoms. The van der Waals surface area contributed by atoms with Gasteiger partial charge in [0.25, 0.3) is 0 Å². The van der Waals surface area contributed by atoms with Crippen LogP contribution in [0.4, 0.5) is 0 Å². The number of carbonyl (C=O) groups excluding carboxylic acids is 1. The second-order valence-corrected chi connectivity index (χ2v) is 8.29. The van der Waals surface area contributed by atoms with Crippen molar-refractivity contribution < 1.29 is 9.90 Å².